The van der Waals surface area contributed by atoms with Gasteiger partial charge in [0.25, 0.3) is 0 Å². The molecular weight excluding hydrogens is 272 g/mol. The van der Waals surface area contributed by atoms with Crippen molar-refractivity contribution in [3.05, 3.63) is 35.4 Å². The van der Waals surface area contributed by atoms with Crippen LogP contribution < -0.4 is 0 Å². The third kappa shape index (κ3) is 3.42. The molecule has 0 bridgehead atoms. The molecule has 2 N–H and O–H groups in total. The molecule has 116 valence electrons. The average molecular weight is 294 g/mol. The fourth-order valence-electron chi connectivity index (χ4n) is 2.49. The molecule has 0 saturated heterocycles. The van der Waals surface area contributed by atoms with Gasteiger partial charge in [-0.1, -0.05) is 31.2 Å². The summed E-state index contributed by atoms with van der Waals surface area (Å²) in [6, 6.07) is 6.87. The summed E-state index contributed by atoms with van der Waals surface area (Å²) in [5.41, 5.74) is -0.668. The van der Waals surface area contributed by atoms with E-state index in [2.05, 4.69) is 0 Å². The van der Waals surface area contributed by atoms with Crippen LogP contribution in [0.2, 0.25) is 0 Å². The third-order valence-electron chi connectivity index (χ3n) is 3.56. The van der Waals surface area contributed by atoms with E-state index in [0.717, 1.165) is 0 Å². The monoisotopic (exact) mass is 294 g/mol. The van der Waals surface area contributed by atoms with E-state index in [1.54, 1.807) is 45.0 Å². The molecule has 1 rings (SSSR count). The number of rotatable bonds is 7. The van der Waals surface area contributed by atoms with Gasteiger partial charge in [-0.15, -0.1) is 0 Å². The Labute approximate surface area is 124 Å². The molecule has 0 saturated carbocycles. The Kier molecular flexibility index (Phi) is 5.90. The Balaban J connectivity index is 3.48. The van der Waals surface area contributed by atoms with Gasteiger partial charge in [0.05, 0.1) is 6.61 Å². The minimum absolute atomic E-state index is 0.0114. The fourth-order valence-corrected chi connectivity index (χ4v) is 2.49. The number of ether oxygens (including phenoxy) is 1. The van der Waals surface area contributed by atoms with Gasteiger partial charge in [0.1, 0.15) is 0 Å². The van der Waals surface area contributed by atoms with Crippen molar-refractivity contribution in [3.8, 4) is 0 Å². The first kappa shape index (κ1) is 17.2. The second kappa shape index (κ2) is 7.22. The molecule has 5 heteroatoms. The number of carbonyl (C=O) groups excluding carboxylic acids is 1. The van der Waals surface area contributed by atoms with E-state index < -0.39 is 17.4 Å². The van der Waals surface area contributed by atoms with Crippen LogP contribution >= 0.6 is 0 Å². The predicted octanol–water partition coefficient (Wildman–Crippen LogP) is 1.90. The number of carboxylic acid groups (broad SMARTS) is 1. The Morgan fingerprint density at radius 3 is 2.43 bits per heavy atom. The van der Waals surface area contributed by atoms with Gasteiger partial charge < -0.3 is 14.9 Å². The van der Waals surface area contributed by atoms with Crippen LogP contribution in [-0.2, 0) is 19.7 Å². The number of esters is 1. The number of carbonyl (C=O) groups is 2. The zero-order valence-corrected chi connectivity index (χ0v) is 12.6. The molecule has 1 aromatic rings. The van der Waals surface area contributed by atoms with E-state index >= 15 is 0 Å². The number of hydrogen-bond acceptors (Lipinski definition) is 4. The Hall–Kier alpha value is -1.88. The Morgan fingerprint density at radius 1 is 1.33 bits per heavy atom. The van der Waals surface area contributed by atoms with Gasteiger partial charge in [-0.25, -0.2) is 0 Å². The van der Waals surface area contributed by atoms with Crippen molar-refractivity contribution in [2.45, 2.75) is 32.6 Å². The molecule has 0 radical (unpaired) electrons. The van der Waals surface area contributed by atoms with E-state index in [-0.39, 0.29) is 25.6 Å². The number of hydrogen-bond donors (Lipinski definition) is 2. The first-order valence-electron chi connectivity index (χ1n) is 6.97. The largest absolute Gasteiger partial charge is 0.480 e. The molecule has 5 nitrogen and oxygen atoms in total. The highest BCUT2D eigenvalue weighted by Gasteiger charge is 2.50. The lowest BCUT2D eigenvalue weighted by atomic mass is 9.72. The predicted molar refractivity (Wildman–Crippen MR) is 78.0 cm³/mol. The minimum Gasteiger partial charge on any atom is -0.480 e. The summed E-state index contributed by atoms with van der Waals surface area (Å²) in [4.78, 5) is 24.4. The van der Waals surface area contributed by atoms with Gasteiger partial charge in [-0.3, -0.25) is 9.59 Å². The second-order valence-corrected chi connectivity index (χ2v) is 5.24. The van der Waals surface area contributed by atoms with Crippen molar-refractivity contribution < 1.29 is 24.5 Å². The summed E-state index contributed by atoms with van der Waals surface area (Å²) in [5.74, 6) is -2.38. The van der Waals surface area contributed by atoms with Crippen LogP contribution in [0.3, 0.4) is 0 Å². The summed E-state index contributed by atoms with van der Waals surface area (Å²) >= 11 is 0. The molecule has 0 aromatic heterocycles. The maximum atomic E-state index is 12.4. The SMILES string of the molecule is CCOC(=O)C(CC(C)CO)(C(=O)O)c1ccccc1C. The summed E-state index contributed by atoms with van der Waals surface area (Å²) in [5, 5.41) is 19.0. The van der Waals surface area contributed by atoms with Gasteiger partial charge >= 0.3 is 11.9 Å². The van der Waals surface area contributed by atoms with Gasteiger partial charge in [-0.05, 0) is 37.3 Å². The number of benzene rings is 1. The van der Waals surface area contributed by atoms with Crippen LogP contribution in [0.5, 0.6) is 0 Å². The maximum absolute atomic E-state index is 12.4. The van der Waals surface area contributed by atoms with Crippen LogP contribution in [-0.4, -0.2) is 35.4 Å². The van der Waals surface area contributed by atoms with Crippen LogP contribution in [0, 0.1) is 12.8 Å². The highest BCUT2D eigenvalue weighted by Crippen LogP contribution is 2.35. The van der Waals surface area contributed by atoms with E-state index in [1.165, 1.54) is 0 Å². The number of aliphatic hydroxyl groups excluding tert-OH is 1. The molecule has 0 aliphatic carbocycles. The molecule has 0 fully saturated rings. The van der Waals surface area contributed by atoms with Crippen molar-refractivity contribution in [2.75, 3.05) is 13.2 Å². The minimum atomic E-state index is -1.79. The molecule has 2 atom stereocenters. The molecule has 1 aromatic carbocycles. The highest BCUT2D eigenvalue weighted by molar-refractivity contribution is 6.05. The summed E-state index contributed by atoms with van der Waals surface area (Å²) in [6.07, 6.45) is -0.0114. The van der Waals surface area contributed by atoms with Crippen molar-refractivity contribution in [1.82, 2.24) is 0 Å². The van der Waals surface area contributed by atoms with Crippen LogP contribution in [0.4, 0.5) is 0 Å². The van der Waals surface area contributed by atoms with Crippen molar-refractivity contribution in [2.24, 2.45) is 5.92 Å². The first-order valence-corrected chi connectivity index (χ1v) is 6.97. The van der Waals surface area contributed by atoms with Crippen molar-refractivity contribution >= 4 is 11.9 Å². The van der Waals surface area contributed by atoms with Crippen molar-refractivity contribution in [3.63, 3.8) is 0 Å². The van der Waals surface area contributed by atoms with Gasteiger partial charge in [0, 0.05) is 6.61 Å². The number of aryl methyl sites for hydroxylation is 1. The zero-order chi connectivity index (χ0) is 16.0. The number of aliphatic hydroxyl groups is 1. The van der Waals surface area contributed by atoms with Crippen LogP contribution in [0.1, 0.15) is 31.4 Å². The second-order valence-electron chi connectivity index (χ2n) is 5.24. The normalized spacial score (nSPS) is 15.0. The first-order chi connectivity index (χ1) is 9.90. The fraction of sp³-hybridized carbons (Fsp3) is 0.500. The van der Waals surface area contributed by atoms with Crippen LogP contribution in [0.25, 0.3) is 0 Å². The smallest absolute Gasteiger partial charge is 0.328 e. The average Bonchev–Trinajstić information content (AvgIpc) is 2.45. The molecule has 0 aliphatic heterocycles. The van der Waals surface area contributed by atoms with Gasteiger partial charge in [0.15, 0.2) is 5.41 Å². The lowest BCUT2D eigenvalue weighted by Crippen LogP contribution is -2.47. The number of carboxylic acids is 1. The molecule has 0 aliphatic rings. The van der Waals surface area contributed by atoms with E-state index in [1.807, 2.05) is 0 Å². The molecule has 0 spiro atoms. The molecule has 0 heterocycles. The standard InChI is InChI=1S/C16H22O5/c1-4-21-15(20)16(14(18)19,9-11(2)10-17)13-8-6-5-7-12(13)3/h5-8,11,17H,4,9-10H2,1-3H3,(H,18,19). The lowest BCUT2D eigenvalue weighted by molar-refractivity contribution is -0.162. The van der Waals surface area contributed by atoms with Crippen molar-refractivity contribution in [1.29, 1.82) is 0 Å². The lowest BCUT2D eigenvalue weighted by Gasteiger charge is -2.31. The summed E-state index contributed by atoms with van der Waals surface area (Å²) < 4.78 is 5.02. The van der Waals surface area contributed by atoms with Crippen LogP contribution in [0.15, 0.2) is 24.3 Å². The third-order valence-corrected chi connectivity index (χ3v) is 3.56. The van der Waals surface area contributed by atoms with E-state index in [9.17, 15) is 19.8 Å². The Bertz CT molecular complexity index is 511. The molecule has 2 unspecified atom stereocenters. The summed E-state index contributed by atoms with van der Waals surface area (Å²) in [6.45, 7) is 5.01. The van der Waals surface area contributed by atoms with Gasteiger partial charge in [0.2, 0.25) is 0 Å². The molecule has 21 heavy (non-hydrogen) atoms. The van der Waals surface area contributed by atoms with E-state index in [0.29, 0.717) is 11.1 Å². The van der Waals surface area contributed by atoms with E-state index in [4.69, 9.17) is 4.74 Å². The number of aliphatic carboxylic acids is 1. The maximum Gasteiger partial charge on any atom is 0.328 e. The summed E-state index contributed by atoms with van der Waals surface area (Å²) in [7, 11) is 0. The highest BCUT2D eigenvalue weighted by atomic mass is 16.5. The van der Waals surface area contributed by atoms with Gasteiger partial charge in [-0.2, -0.15) is 0 Å². The topological polar surface area (TPSA) is 83.8 Å². The molecular formula is C16H22O5. The Morgan fingerprint density at radius 2 is 1.95 bits per heavy atom. The quantitative estimate of drug-likeness (QED) is 0.592. The zero-order valence-electron chi connectivity index (χ0n) is 12.6. The molecule has 0 amide bonds.